The summed E-state index contributed by atoms with van der Waals surface area (Å²) in [6.45, 7) is 0.437. The van der Waals surface area contributed by atoms with Gasteiger partial charge in [0.25, 0.3) is 5.91 Å². The minimum absolute atomic E-state index is 0.0683. The summed E-state index contributed by atoms with van der Waals surface area (Å²) in [6.07, 6.45) is 0.0683. The fraction of sp³-hybridized carbons (Fsp3) is 0.222. The molecule has 0 radical (unpaired) electrons. The predicted octanol–water partition coefficient (Wildman–Crippen LogP) is 3.33. The zero-order valence-corrected chi connectivity index (χ0v) is 14.9. The maximum atomic E-state index is 12.7. The number of esters is 1. The molecule has 0 fully saturated rings. The lowest BCUT2D eigenvalue weighted by molar-refractivity contribution is -0.144. The molecule has 7 heteroatoms. The molecule has 0 aliphatic carbocycles. The van der Waals surface area contributed by atoms with Gasteiger partial charge in [0.15, 0.2) is 0 Å². The Labute approximate surface area is 153 Å². The molecule has 0 atom stereocenters. The van der Waals surface area contributed by atoms with Gasteiger partial charge in [-0.25, -0.2) is 4.39 Å². The van der Waals surface area contributed by atoms with Gasteiger partial charge in [0, 0.05) is 16.6 Å². The number of nitrogens with one attached hydrogen (secondary N) is 1. The molecule has 0 spiro atoms. The molecule has 0 aliphatic heterocycles. The Hall–Kier alpha value is -2.41. The summed E-state index contributed by atoms with van der Waals surface area (Å²) in [5.74, 6) is -0.526. The smallest absolute Gasteiger partial charge is 0.307 e. The highest BCUT2D eigenvalue weighted by Gasteiger charge is 2.07. The molecule has 0 aromatic heterocycles. The molecule has 5 nitrogen and oxygen atoms in total. The Bertz CT molecular complexity index is 704. The second-order valence-electron chi connectivity index (χ2n) is 5.04. The van der Waals surface area contributed by atoms with Crippen LogP contribution in [0.2, 0.25) is 0 Å². The van der Waals surface area contributed by atoms with Crippen molar-refractivity contribution in [2.75, 3.05) is 19.8 Å². The lowest BCUT2D eigenvalue weighted by Gasteiger charge is -2.08. The van der Waals surface area contributed by atoms with Gasteiger partial charge in [-0.1, -0.05) is 15.9 Å². The first-order valence-electron chi connectivity index (χ1n) is 7.62. The molecule has 2 rings (SSSR count). The van der Waals surface area contributed by atoms with E-state index in [1.54, 1.807) is 24.3 Å². The number of rotatable bonds is 8. The lowest BCUT2D eigenvalue weighted by Crippen LogP contribution is -2.26. The third kappa shape index (κ3) is 6.93. The molecule has 1 N–H and O–H groups in total. The fourth-order valence-electron chi connectivity index (χ4n) is 1.90. The molecule has 2 aromatic carbocycles. The van der Waals surface area contributed by atoms with Crippen LogP contribution in [0.4, 0.5) is 4.39 Å². The van der Waals surface area contributed by atoms with Crippen LogP contribution >= 0.6 is 15.9 Å². The van der Waals surface area contributed by atoms with Crippen LogP contribution in [0, 0.1) is 5.82 Å². The molecule has 2 aromatic rings. The van der Waals surface area contributed by atoms with Crippen LogP contribution in [-0.4, -0.2) is 31.6 Å². The van der Waals surface area contributed by atoms with Crippen molar-refractivity contribution >= 4 is 27.8 Å². The number of carbonyl (C=O) groups is 2. The molecule has 132 valence electrons. The van der Waals surface area contributed by atoms with Gasteiger partial charge >= 0.3 is 5.97 Å². The Morgan fingerprint density at radius 1 is 1.00 bits per heavy atom. The molecule has 1 amide bonds. The number of halogens is 2. The van der Waals surface area contributed by atoms with Crippen LogP contribution in [0.25, 0.3) is 0 Å². The molecule has 0 bridgehead atoms. The highest BCUT2D eigenvalue weighted by atomic mass is 79.9. The van der Waals surface area contributed by atoms with Gasteiger partial charge in [0.05, 0.1) is 6.42 Å². The fourth-order valence-corrected chi connectivity index (χ4v) is 2.16. The third-order valence-corrected chi connectivity index (χ3v) is 3.68. The Morgan fingerprint density at radius 2 is 1.68 bits per heavy atom. The van der Waals surface area contributed by atoms with Crippen molar-refractivity contribution in [2.45, 2.75) is 6.42 Å². The van der Waals surface area contributed by atoms with Crippen LogP contribution in [0.3, 0.4) is 0 Å². The summed E-state index contributed by atoms with van der Waals surface area (Å²) >= 11 is 3.29. The number of hydrogen-bond donors (Lipinski definition) is 1. The van der Waals surface area contributed by atoms with Crippen LogP contribution in [0.5, 0.6) is 5.75 Å². The van der Waals surface area contributed by atoms with Crippen molar-refractivity contribution in [3.8, 4) is 5.75 Å². The van der Waals surface area contributed by atoms with E-state index in [4.69, 9.17) is 9.47 Å². The maximum Gasteiger partial charge on any atom is 0.307 e. The van der Waals surface area contributed by atoms with Crippen LogP contribution in [-0.2, 0) is 9.53 Å². The highest BCUT2D eigenvalue weighted by Crippen LogP contribution is 2.11. The molecule has 0 saturated heterocycles. The van der Waals surface area contributed by atoms with Gasteiger partial charge in [-0.3, -0.25) is 9.59 Å². The summed E-state index contributed by atoms with van der Waals surface area (Å²) in [7, 11) is 0. The topological polar surface area (TPSA) is 64.6 Å². The number of carbonyl (C=O) groups excluding carboxylic acids is 2. The summed E-state index contributed by atoms with van der Waals surface area (Å²) < 4.78 is 23.9. The normalized spacial score (nSPS) is 10.2. The predicted molar refractivity (Wildman–Crippen MR) is 93.9 cm³/mol. The van der Waals surface area contributed by atoms with E-state index in [1.165, 1.54) is 24.3 Å². The van der Waals surface area contributed by atoms with E-state index in [1.807, 2.05) is 0 Å². The summed E-state index contributed by atoms with van der Waals surface area (Å²) in [5.41, 5.74) is 0.518. The average Bonchev–Trinajstić information content (AvgIpc) is 2.61. The maximum absolute atomic E-state index is 12.7. The van der Waals surface area contributed by atoms with E-state index in [0.29, 0.717) is 11.3 Å². The van der Waals surface area contributed by atoms with Crippen LogP contribution in [0.1, 0.15) is 16.8 Å². The quantitative estimate of drug-likeness (QED) is 0.536. The summed E-state index contributed by atoms with van der Waals surface area (Å²) in [5, 5.41) is 2.65. The van der Waals surface area contributed by atoms with Crippen molar-refractivity contribution in [1.82, 2.24) is 5.32 Å². The van der Waals surface area contributed by atoms with E-state index in [9.17, 15) is 14.0 Å². The molecular weight excluding hydrogens is 393 g/mol. The second-order valence-corrected chi connectivity index (χ2v) is 5.95. The zero-order chi connectivity index (χ0) is 18.1. The first kappa shape index (κ1) is 18.9. The molecule has 0 unspecified atom stereocenters. The van der Waals surface area contributed by atoms with Gasteiger partial charge in [0.2, 0.25) is 0 Å². The highest BCUT2D eigenvalue weighted by molar-refractivity contribution is 9.10. The Balaban J connectivity index is 1.58. The standard InChI is InChI=1S/C18H17BrFNO4/c19-14-3-1-13(2-4-14)18(23)21-10-9-17(22)25-12-11-24-16-7-5-15(20)6-8-16/h1-8H,9-12H2,(H,21,23). The first-order valence-corrected chi connectivity index (χ1v) is 8.41. The molecule has 0 saturated carbocycles. The van der Waals surface area contributed by atoms with Crippen LogP contribution < -0.4 is 10.1 Å². The van der Waals surface area contributed by atoms with Gasteiger partial charge in [-0.2, -0.15) is 0 Å². The Kier molecular flexibility index (Phi) is 7.40. The van der Waals surface area contributed by atoms with Crippen molar-refractivity contribution in [2.24, 2.45) is 0 Å². The molecule has 25 heavy (non-hydrogen) atoms. The van der Waals surface area contributed by atoms with Crippen molar-refractivity contribution < 1.29 is 23.5 Å². The van der Waals surface area contributed by atoms with Crippen LogP contribution in [0.15, 0.2) is 53.0 Å². The van der Waals surface area contributed by atoms with E-state index in [0.717, 1.165) is 4.47 Å². The molecular formula is C18H17BrFNO4. The first-order chi connectivity index (χ1) is 12.0. The molecule has 0 aliphatic rings. The second kappa shape index (κ2) is 9.78. The van der Waals surface area contributed by atoms with Crippen molar-refractivity contribution in [3.63, 3.8) is 0 Å². The van der Waals surface area contributed by atoms with E-state index in [-0.39, 0.29) is 37.9 Å². The SMILES string of the molecule is O=C(CCNC(=O)c1ccc(Br)cc1)OCCOc1ccc(F)cc1. The number of benzene rings is 2. The monoisotopic (exact) mass is 409 g/mol. The minimum Gasteiger partial charge on any atom is -0.490 e. The van der Waals surface area contributed by atoms with Crippen molar-refractivity contribution in [3.05, 3.63) is 64.4 Å². The third-order valence-electron chi connectivity index (χ3n) is 3.15. The zero-order valence-electron chi connectivity index (χ0n) is 13.3. The van der Waals surface area contributed by atoms with Gasteiger partial charge in [-0.15, -0.1) is 0 Å². The molecule has 0 heterocycles. The minimum atomic E-state index is -0.432. The van der Waals surface area contributed by atoms with Crippen molar-refractivity contribution in [1.29, 1.82) is 0 Å². The van der Waals surface area contributed by atoms with E-state index >= 15 is 0 Å². The number of hydrogen-bond acceptors (Lipinski definition) is 4. The van der Waals surface area contributed by atoms with Gasteiger partial charge in [-0.05, 0) is 48.5 Å². The van der Waals surface area contributed by atoms with Gasteiger partial charge in [0.1, 0.15) is 24.8 Å². The number of ether oxygens (including phenoxy) is 2. The average molecular weight is 410 g/mol. The lowest BCUT2D eigenvalue weighted by atomic mass is 10.2. The Morgan fingerprint density at radius 3 is 2.36 bits per heavy atom. The van der Waals surface area contributed by atoms with E-state index in [2.05, 4.69) is 21.2 Å². The largest absolute Gasteiger partial charge is 0.490 e. The van der Waals surface area contributed by atoms with E-state index < -0.39 is 5.97 Å². The summed E-state index contributed by atoms with van der Waals surface area (Å²) in [6, 6.07) is 12.5. The number of amides is 1. The summed E-state index contributed by atoms with van der Waals surface area (Å²) in [4.78, 5) is 23.4. The van der Waals surface area contributed by atoms with Gasteiger partial charge < -0.3 is 14.8 Å².